The number of hydrogen-bond acceptors (Lipinski definition) is 4. The first-order chi connectivity index (χ1) is 10.3. The summed E-state index contributed by atoms with van der Waals surface area (Å²) in [6.45, 7) is 1.32. The van der Waals surface area contributed by atoms with Crippen LogP contribution in [-0.2, 0) is 0 Å². The first kappa shape index (κ1) is 19.9. The normalized spacial score (nSPS) is 17.1. The van der Waals surface area contributed by atoms with E-state index in [1.165, 1.54) is 11.3 Å². The highest BCUT2D eigenvalue weighted by atomic mass is 35.5. The number of rotatable bonds is 3. The van der Waals surface area contributed by atoms with E-state index in [-0.39, 0.29) is 36.8 Å². The molecule has 1 aliphatic heterocycles. The molecule has 1 amide bonds. The molecule has 0 spiro atoms. The van der Waals surface area contributed by atoms with Crippen LogP contribution in [0.4, 0.5) is 0 Å². The first-order valence-electron chi connectivity index (χ1n) is 7.31. The number of carbonyl (C=O) groups excluding carboxylic acids is 1. The smallest absolute Gasteiger partial charge is 0.273 e. The van der Waals surface area contributed by atoms with Gasteiger partial charge < -0.3 is 10.6 Å². The molecule has 1 atom stereocenters. The summed E-state index contributed by atoms with van der Waals surface area (Å²) in [7, 11) is 0. The summed E-state index contributed by atoms with van der Waals surface area (Å²) in [5.74, 6) is 0.0172. The molecule has 126 valence electrons. The quantitative estimate of drug-likeness (QED) is 0.893. The number of carbonyl (C=O) groups is 1. The highest BCUT2D eigenvalue weighted by Gasteiger charge is 2.27. The van der Waals surface area contributed by atoms with Gasteiger partial charge in [-0.15, -0.1) is 36.2 Å². The lowest BCUT2D eigenvalue weighted by atomic mass is 10.0. The van der Waals surface area contributed by atoms with Gasteiger partial charge in [0.15, 0.2) is 0 Å². The fourth-order valence-electron chi connectivity index (χ4n) is 2.75. The molecule has 2 N–H and O–H groups in total. The summed E-state index contributed by atoms with van der Waals surface area (Å²) in [4.78, 5) is 19.0. The van der Waals surface area contributed by atoms with E-state index in [0.717, 1.165) is 36.4 Å². The fourth-order valence-corrected chi connectivity index (χ4v) is 3.55. The molecule has 2 aromatic rings. The number of aromatic nitrogens is 1. The predicted octanol–water partition coefficient (Wildman–Crippen LogP) is 3.61. The Morgan fingerprint density at radius 1 is 1.26 bits per heavy atom. The van der Waals surface area contributed by atoms with E-state index in [4.69, 9.17) is 5.73 Å². The van der Waals surface area contributed by atoms with Crippen LogP contribution >= 0.6 is 36.2 Å². The Labute approximate surface area is 152 Å². The Morgan fingerprint density at radius 3 is 2.70 bits per heavy atom. The number of benzene rings is 1. The third-order valence-corrected chi connectivity index (χ3v) is 4.80. The van der Waals surface area contributed by atoms with Gasteiger partial charge in [-0.05, 0) is 19.3 Å². The highest BCUT2D eigenvalue weighted by molar-refractivity contribution is 7.13. The minimum atomic E-state index is 0. The summed E-state index contributed by atoms with van der Waals surface area (Å²) >= 11 is 1.51. The Hall–Kier alpha value is -1.14. The van der Waals surface area contributed by atoms with Crippen LogP contribution in [-0.4, -0.2) is 34.9 Å². The Morgan fingerprint density at radius 2 is 2.00 bits per heavy atom. The number of amides is 1. The predicted molar refractivity (Wildman–Crippen MR) is 99.8 cm³/mol. The van der Waals surface area contributed by atoms with Crippen molar-refractivity contribution in [3.63, 3.8) is 0 Å². The average molecular weight is 374 g/mol. The molecular weight excluding hydrogens is 353 g/mol. The van der Waals surface area contributed by atoms with E-state index in [9.17, 15) is 4.79 Å². The lowest BCUT2D eigenvalue weighted by Crippen LogP contribution is -2.47. The van der Waals surface area contributed by atoms with Crippen molar-refractivity contribution in [3.8, 4) is 10.6 Å². The van der Waals surface area contributed by atoms with Crippen LogP contribution in [0.3, 0.4) is 0 Å². The number of nitrogens with two attached hydrogens (primary N) is 1. The third kappa shape index (κ3) is 4.44. The van der Waals surface area contributed by atoms with Gasteiger partial charge in [-0.3, -0.25) is 4.79 Å². The summed E-state index contributed by atoms with van der Waals surface area (Å²) in [5.41, 5.74) is 7.39. The molecule has 1 aromatic heterocycles. The molecular formula is C16H21Cl2N3OS. The van der Waals surface area contributed by atoms with Crippen molar-refractivity contribution in [1.82, 2.24) is 9.88 Å². The van der Waals surface area contributed by atoms with Crippen LogP contribution in [0.15, 0.2) is 35.7 Å². The van der Waals surface area contributed by atoms with Crippen molar-refractivity contribution in [1.29, 1.82) is 0 Å². The van der Waals surface area contributed by atoms with Gasteiger partial charge in [-0.1, -0.05) is 30.3 Å². The van der Waals surface area contributed by atoms with E-state index in [0.29, 0.717) is 12.2 Å². The Bertz CT molecular complexity index is 621. The molecule has 23 heavy (non-hydrogen) atoms. The van der Waals surface area contributed by atoms with Crippen molar-refractivity contribution in [2.24, 2.45) is 5.73 Å². The number of hydrogen-bond donors (Lipinski definition) is 1. The second-order valence-electron chi connectivity index (χ2n) is 5.29. The van der Waals surface area contributed by atoms with Gasteiger partial charge in [-0.2, -0.15) is 0 Å². The van der Waals surface area contributed by atoms with Gasteiger partial charge in [0, 0.05) is 30.1 Å². The summed E-state index contributed by atoms with van der Waals surface area (Å²) in [6, 6.07) is 10.1. The summed E-state index contributed by atoms with van der Waals surface area (Å²) in [5, 5.41) is 2.74. The Kier molecular flexibility index (Phi) is 7.99. The van der Waals surface area contributed by atoms with Gasteiger partial charge >= 0.3 is 0 Å². The van der Waals surface area contributed by atoms with Crippen molar-refractivity contribution in [2.45, 2.75) is 25.3 Å². The van der Waals surface area contributed by atoms with E-state index in [1.54, 1.807) is 0 Å². The molecule has 1 aromatic carbocycles. The maximum atomic E-state index is 12.6. The molecule has 1 unspecified atom stereocenters. The second kappa shape index (κ2) is 9.23. The molecule has 0 bridgehead atoms. The van der Waals surface area contributed by atoms with Crippen LogP contribution < -0.4 is 5.73 Å². The second-order valence-corrected chi connectivity index (χ2v) is 6.15. The van der Waals surface area contributed by atoms with Crippen molar-refractivity contribution < 1.29 is 4.79 Å². The number of halogens is 2. The van der Waals surface area contributed by atoms with Gasteiger partial charge in [0.1, 0.15) is 10.7 Å². The number of likely N-dealkylation sites (tertiary alicyclic amines) is 1. The Balaban J connectivity index is 0.00000132. The van der Waals surface area contributed by atoms with E-state index < -0.39 is 0 Å². The van der Waals surface area contributed by atoms with Crippen LogP contribution in [0.25, 0.3) is 10.6 Å². The zero-order valence-corrected chi connectivity index (χ0v) is 15.1. The molecule has 1 aliphatic rings. The molecule has 0 radical (unpaired) electrons. The minimum Gasteiger partial charge on any atom is -0.333 e. The zero-order chi connectivity index (χ0) is 14.7. The summed E-state index contributed by atoms with van der Waals surface area (Å²) in [6.07, 6.45) is 3.20. The lowest BCUT2D eigenvalue weighted by molar-refractivity contribution is 0.0618. The standard InChI is InChI=1S/C16H19N3OS.2ClH/c17-10-13-8-4-5-9-19(13)16(20)14-11-21-15(18-14)12-6-2-1-3-7-12;;/h1-3,6-7,11,13H,4-5,8-10,17H2;2*1H. The van der Waals surface area contributed by atoms with Gasteiger partial charge in [-0.25, -0.2) is 4.98 Å². The molecule has 2 heterocycles. The van der Waals surface area contributed by atoms with Crippen LogP contribution in [0, 0.1) is 0 Å². The monoisotopic (exact) mass is 373 g/mol. The molecule has 1 fully saturated rings. The fraction of sp³-hybridized carbons (Fsp3) is 0.375. The maximum absolute atomic E-state index is 12.6. The minimum absolute atomic E-state index is 0. The molecule has 0 saturated carbocycles. The number of piperidine rings is 1. The van der Waals surface area contributed by atoms with Crippen molar-refractivity contribution in [2.75, 3.05) is 13.1 Å². The van der Waals surface area contributed by atoms with Crippen LogP contribution in [0.1, 0.15) is 29.8 Å². The summed E-state index contributed by atoms with van der Waals surface area (Å²) < 4.78 is 0. The van der Waals surface area contributed by atoms with E-state index in [1.807, 2.05) is 40.6 Å². The SMILES string of the molecule is Cl.Cl.NCC1CCCCN1C(=O)c1csc(-c2ccccc2)n1. The van der Waals surface area contributed by atoms with Crippen LogP contribution in [0.2, 0.25) is 0 Å². The number of nitrogens with zero attached hydrogens (tertiary/aromatic N) is 2. The molecule has 1 saturated heterocycles. The number of thiazole rings is 1. The molecule has 4 nitrogen and oxygen atoms in total. The van der Waals surface area contributed by atoms with Crippen molar-refractivity contribution >= 4 is 42.1 Å². The zero-order valence-electron chi connectivity index (χ0n) is 12.7. The van der Waals surface area contributed by atoms with Gasteiger partial charge in [0.25, 0.3) is 5.91 Å². The average Bonchev–Trinajstić information content (AvgIpc) is 3.05. The molecule has 0 aliphatic carbocycles. The molecule has 7 heteroatoms. The largest absolute Gasteiger partial charge is 0.333 e. The van der Waals surface area contributed by atoms with E-state index >= 15 is 0 Å². The molecule has 3 rings (SSSR count). The van der Waals surface area contributed by atoms with Gasteiger partial charge in [0.2, 0.25) is 0 Å². The van der Waals surface area contributed by atoms with E-state index in [2.05, 4.69) is 4.98 Å². The lowest BCUT2D eigenvalue weighted by Gasteiger charge is -2.34. The topological polar surface area (TPSA) is 59.2 Å². The first-order valence-corrected chi connectivity index (χ1v) is 8.19. The van der Waals surface area contributed by atoms with Crippen molar-refractivity contribution in [3.05, 3.63) is 41.4 Å². The van der Waals surface area contributed by atoms with Gasteiger partial charge in [0.05, 0.1) is 0 Å². The third-order valence-electron chi connectivity index (χ3n) is 3.90. The van der Waals surface area contributed by atoms with Crippen LogP contribution in [0.5, 0.6) is 0 Å². The highest BCUT2D eigenvalue weighted by Crippen LogP contribution is 2.25. The maximum Gasteiger partial charge on any atom is 0.273 e.